The van der Waals surface area contributed by atoms with Crippen molar-refractivity contribution in [3.05, 3.63) is 24.0 Å². The van der Waals surface area contributed by atoms with E-state index in [0.29, 0.717) is 29.4 Å². The van der Waals surface area contributed by atoms with Crippen LogP contribution < -0.4 is 15.8 Å². The predicted molar refractivity (Wildman–Crippen MR) is 88.7 cm³/mol. The molecule has 0 saturated carbocycles. The Morgan fingerprint density at radius 1 is 1.38 bits per heavy atom. The second-order valence-corrected chi connectivity index (χ2v) is 6.36. The van der Waals surface area contributed by atoms with Gasteiger partial charge in [-0.25, -0.2) is 19.7 Å². The molecule has 1 aliphatic heterocycles. The molecule has 0 radical (unpaired) electrons. The molecule has 0 atom stereocenters. The van der Waals surface area contributed by atoms with E-state index < -0.39 is 11.7 Å². The fourth-order valence-corrected chi connectivity index (χ4v) is 2.36. The fraction of sp³-hybridized carbons (Fsp3) is 0.375. The fourth-order valence-electron chi connectivity index (χ4n) is 2.36. The lowest BCUT2D eigenvalue weighted by Crippen LogP contribution is -2.27. The molecule has 8 nitrogen and oxygen atoms in total. The molecule has 3 rings (SSSR count). The highest BCUT2D eigenvalue weighted by Crippen LogP contribution is 2.37. The summed E-state index contributed by atoms with van der Waals surface area (Å²) in [6, 6.07) is 1.72. The summed E-state index contributed by atoms with van der Waals surface area (Å²) in [6.07, 6.45) is 3.26. The van der Waals surface area contributed by atoms with Gasteiger partial charge in [0.1, 0.15) is 17.2 Å². The molecule has 0 unspecified atom stereocenters. The van der Waals surface area contributed by atoms with E-state index >= 15 is 0 Å². The normalized spacial score (nSPS) is 13.1. The van der Waals surface area contributed by atoms with Crippen molar-refractivity contribution in [1.82, 2.24) is 15.0 Å². The summed E-state index contributed by atoms with van der Waals surface area (Å²) < 4.78 is 10.9. The summed E-state index contributed by atoms with van der Waals surface area (Å²) in [6.45, 7) is 5.91. The maximum atomic E-state index is 11.8. The van der Waals surface area contributed by atoms with E-state index in [1.54, 1.807) is 39.2 Å². The third-order valence-corrected chi connectivity index (χ3v) is 3.30. The SMILES string of the molecule is CC(C)(C)OC(=O)Nc1nccc(-c2cnc(N)c3c2OCC3)n1. The van der Waals surface area contributed by atoms with Crippen molar-refractivity contribution < 1.29 is 14.3 Å². The molecule has 0 saturated heterocycles. The number of nitrogens with two attached hydrogens (primary N) is 1. The number of ether oxygens (including phenoxy) is 2. The first-order valence-corrected chi connectivity index (χ1v) is 7.57. The van der Waals surface area contributed by atoms with E-state index in [-0.39, 0.29) is 5.95 Å². The monoisotopic (exact) mass is 329 g/mol. The first-order chi connectivity index (χ1) is 11.3. The van der Waals surface area contributed by atoms with Crippen LogP contribution in [0.25, 0.3) is 11.3 Å². The Morgan fingerprint density at radius 2 is 2.17 bits per heavy atom. The highest BCUT2D eigenvalue weighted by Gasteiger charge is 2.22. The average Bonchev–Trinajstić information content (AvgIpc) is 2.96. The smallest absolute Gasteiger partial charge is 0.414 e. The largest absolute Gasteiger partial charge is 0.492 e. The Balaban J connectivity index is 1.87. The minimum atomic E-state index is -0.614. The van der Waals surface area contributed by atoms with Gasteiger partial charge in [0.15, 0.2) is 0 Å². The molecule has 8 heteroatoms. The highest BCUT2D eigenvalue weighted by atomic mass is 16.6. The van der Waals surface area contributed by atoms with Crippen molar-refractivity contribution in [1.29, 1.82) is 0 Å². The quantitative estimate of drug-likeness (QED) is 0.870. The van der Waals surface area contributed by atoms with Crippen LogP contribution >= 0.6 is 0 Å². The number of carbonyl (C=O) groups excluding carboxylic acids is 1. The molecule has 3 N–H and O–H groups in total. The van der Waals surface area contributed by atoms with E-state index in [1.807, 2.05) is 0 Å². The number of fused-ring (bicyclic) bond motifs is 1. The number of anilines is 2. The van der Waals surface area contributed by atoms with Gasteiger partial charge < -0.3 is 15.2 Å². The van der Waals surface area contributed by atoms with Crippen molar-refractivity contribution >= 4 is 17.9 Å². The molecule has 24 heavy (non-hydrogen) atoms. The first-order valence-electron chi connectivity index (χ1n) is 7.57. The average molecular weight is 329 g/mol. The molecule has 1 aliphatic rings. The topological polar surface area (TPSA) is 112 Å². The molecule has 3 heterocycles. The number of nitrogen functional groups attached to an aromatic ring is 1. The van der Waals surface area contributed by atoms with Crippen LogP contribution in [-0.2, 0) is 11.2 Å². The number of amides is 1. The highest BCUT2D eigenvalue weighted by molar-refractivity contribution is 5.83. The Morgan fingerprint density at radius 3 is 2.92 bits per heavy atom. The van der Waals surface area contributed by atoms with Crippen molar-refractivity contribution in [2.24, 2.45) is 0 Å². The van der Waals surface area contributed by atoms with Crippen LogP contribution in [0.1, 0.15) is 26.3 Å². The Kier molecular flexibility index (Phi) is 3.96. The van der Waals surface area contributed by atoms with Crippen molar-refractivity contribution in [2.45, 2.75) is 32.8 Å². The van der Waals surface area contributed by atoms with Gasteiger partial charge in [0.05, 0.1) is 17.9 Å². The van der Waals surface area contributed by atoms with Crippen molar-refractivity contribution in [3.63, 3.8) is 0 Å². The zero-order valence-corrected chi connectivity index (χ0v) is 13.8. The Bertz CT molecular complexity index is 786. The lowest BCUT2D eigenvalue weighted by molar-refractivity contribution is 0.0634. The van der Waals surface area contributed by atoms with Gasteiger partial charge in [0, 0.05) is 24.4 Å². The molecule has 0 bridgehead atoms. The van der Waals surface area contributed by atoms with E-state index in [9.17, 15) is 4.79 Å². The summed E-state index contributed by atoms with van der Waals surface area (Å²) in [5, 5.41) is 2.52. The van der Waals surface area contributed by atoms with E-state index in [4.69, 9.17) is 15.2 Å². The minimum absolute atomic E-state index is 0.144. The van der Waals surface area contributed by atoms with Crippen molar-refractivity contribution in [2.75, 3.05) is 17.7 Å². The number of nitrogens with one attached hydrogen (secondary N) is 1. The molecule has 2 aromatic rings. The van der Waals surface area contributed by atoms with Gasteiger partial charge in [-0.15, -0.1) is 0 Å². The Hall–Kier alpha value is -2.90. The molecule has 0 aliphatic carbocycles. The van der Waals surface area contributed by atoms with Crippen LogP contribution in [0.2, 0.25) is 0 Å². The first kappa shape index (κ1) is 16.0. The lowest BCUT2D eigenvalue weighted by Gasteiger charge is -2.19. The number of carbonyl (C=O) groups is 1. The standard InChI is InChI=1S/C16H19N5O3/c1-16(2,3)24-15(22)21-14-18-6-4-11(20-14)10-8-19-13(17)9-5-7-23-12(9)10/h4,6,8H,5,7H2,1-3H3,(H2,17,19)(H,18,20,21,22). The summed E-state index contributed by atoms with van der Waals surface area (Å²) >= 11 is 0. The molecule has 2 aromatic heterocycles. The molecule has 0 spiro atoms. The van der Waals surface area contributed by atoms with Gasteiger partial charge in [-0.3, -0.25) is 5.32 Å². The van der Waals surface area contributed by atoms with E-state index in [2.05, 4.69) is 20.3 Å². The summed E-state index contributed by atoms with van der Waals surface area (Å²) in [5.74, 6) is 1.29. The van der Waals surface area contributed by atoms with Crippen molar-refractivity contribution in [3.8, 4) is 17.0 Å². The number of rotatable bonds is 2. The van der Waals surface area contributed by atoms with Crippen LogP contribution in [-0.4, -0.2) is 33.3 Å². The number of hydrogen-bond acceptors (Lipinski definition) is 7. The zero-order chi connectivity index (χ0) is 17.3. The van der Waals surface area contributed by atoms with Crippen LogP contribution in [0.3, 0.4) is 0 Å². The zero-order valence-electron chi connectivity index (χ0n) is 13.8. The molecular weight excluding hydrogens is 310 g/mol. The summed E-state index contributed by atoms with van der Waals surface area (Å²) in [5.41, 5.74) is 7.46. The molecule has 0 fully saturated rings. The van der Waals surface area contributed by atoms with Gasteiger partial charge in [-0.2, -0.15) is 0 Å². The van der Waals surface area contributed by atoms with Gasteiger partial charge in [0.25, 0.3) is 0 Å². The van der Waals surface area contributed by atoms with E-state index in [1.165, 1.54) is 0 Å². The van der Waals surface area contributed by atoms with Gasteiger partial charge in [0.2, 0.25) is 5.95 Å². The van der Waals surface area contributed by atoms with Crippen LogP contribution in [0.4, 0.5) is 16.6 Å². The minimum Gasteiger partial charge on any atom is -0.492 e. The molecular formula is C16H19N5O3. The second-order valence-electron chi connectivity index (χ2n) is 6.36. The summed E-state index contributed by atoms with van der Waals surface area (Å²) in [7, 11) is 0. The molecule has 0 aromatic carbocycles. The van der Waals surface area contributed by atoms with Crippen LogP contribution in [0.5, 0.6) is 5.75 Å². The Labute approximate surface area is 139 Å². The molecule has 126 valence electrons. The second kappa shape index (κ2) is 5.95. The van der Waals surface area contributed by atoms with Gasteiger partial charge >= 0.3 is 6.09 Å². The predicted octanol–water partition coefficient (Wildman–Crippen LogP) is 2.40. The van der Waals surface area contributed by atoms with Crippen LogP contribution in [0.15, 0.2) is 18.5 Å². The van der Waals surface area contributed by atoms with E-state index in [0.717, 1.165) is 12.0 Å². The number of aromatic nitrogens is 3. The van der Waals surface area contributed by atoms with Gasteiger partial charge in [-0.05, 0) is 26.8 Å². The number of pyridine rings is 1. The third kappa shape index (κ3) is 3.37. The molecule has 1 amide bonds. The van der Waals surface area contributed by atoms with Gasteiger partial charge in [-0.1, -0.05) is 0 Å². The number of hydrogen-bond donors (Lipinski definition) is 2. The summed E-state index contributed by atoms with van der Waals surface area (Å²) in [4.78, 5) is 24.4. The maximum Gasteiger partial charge on any atom is 0.414 e. The maximum absolute atomic E-state index is 11.8. The lowest BCUT2D eigenvalue weighted by atomic mass is 10.1. The number of nitrogens with zero attached hydrogens (tertiary/aromatic N) is 3. The van der Waals surface area contributed by atoms with Crippen LogP contribution in [0, 0.1) is 0 Å². The third-order valence-electron chi connectivity index (χ3n) is 3.30.